The largest absolute Gasteiger partial charge is 0.469 e. The molecule has 4 aromatic rings. The fourth-order valence-corrected chi connectivity index (χ4v) is 5.33. The van der Waals surface area contributed by atoms with Crippen LogP contribution in [0.4, 0.5) is 0 Å². The number of ether oxygens (including phenoxy) is 1. The lowest BCUT2D eigenvalue weighted by atomic mass is 10.1. The van der Waals surface area contributed by atoms with E-state index in [4.69, 9.17) is 16.3 Å². The molecule has 0 atom stereocenters. The highest BCUT2D eigenvalue weighted by molar-refractivity contribution is 7.90. The van der Waals surface area contributed by atoms with Crippen LogP contribution < -0.4 is 0 Å². The molecule has 6 nitrogen and oxygen atoms in total. The molecule has 0 aliphatic heterocycles. The van der Waals surface area contributed by atoms with E-state index in [1.807, 2.05) is 18.2 Å². The van der Waals surface area contributed by atoms with Crippen LogP contribution in [0.2, 0.25) is 5.15 Å². The Hall–Kier alpha value is -2.90. The molecule has 8 heteroatoms. The van der Waals surface area contributed by atoms with E-state index < -0.39 is 16.0 Å². The van der Waals surface area contributed by atoms with Gasteiger partial charge in [-0.25, -0.2) is 17.4 Å². The highest BCUT2D eigenvalue weighted by atomic mass is 35.5. The number of carbonyl (C=O) groups is 1. The Kier molecular flexibility index (Phi) is 5.02. The third-order valence-electron chi connectivity index (χ3n) is 4.73. The third-order valence-corrected chi connectivity index (χ3v) is 6.77. The Labute approximate surface area is 172 Å². The minimum absolute atomic E-state index is 0.0472. The number of carbonyl (C=O) groups excluding carboxylic acids is 1. The molecule has 148 valence electrons. The molecule has 4 rings (SSSR count). The first-order valence-corrected chi connectivity index (χ1v) is 10.7. The fraction of sp³-hybridized carbons (Fsp3) is 0.143. The average molecular weight is 429 g/mol. The van der Waals surface area contributed by atoms with E-state index in [-0.39, 0.29) is 22.9 Å². The SMILES string of the molecule is COC(=O)CCc1cc2nc(Cl)ccc2n1S(=O)(=O)c1cccc2ccccc12. The predicted octanol–water partition coefficient (Wildman–Crippen LogP) is 4.19. The van der Waals surface area contributed by atoms with Gasteiger partial charge in [0.25, 0.3) is 10.0 Å². The molecule has 2 aromatic heterocycles. The predicted molar refractivity (Wildman–Crippen MR) is 112 cm³/mol. The zero-order chi connectivity index (χ0) is 20.6. The van der Waals surface area contributed by atoms with Gasteiger partial charge in [0.15, 0.2) is 0 Å². The Morgan fingerprint density at radius 2 is 1.86 bits per heavy atom. The monoisotopic (exact) mass is 428 g/mol. The molecule has 0 radical (unpaired) electrons. The van der Waals surface area contributed by atoms with Crippen LogP contribution >= 0.6 is 11.6 Å². The fourth-order valence-electron chi connectivity index (χ4n) is 3.40. The van der Waals surface area contributed by atoms with Gasteiger partial charge in [0.1, 0.15) is 5.15 Å². The van der Waals surface area contributed by atoms with E-state index in [1.54, 1.807) is 42.5 Å². The number of esters is 1. The molecule has 0 saturated carbocycles. The molecule has 2 aromatic carbocycles. The van der Waals surface area contributed by atoms with Gasteiger partial charge in [-0.15, -0.1) is 0 Å². The summed E-state index contributed by atoms with van der Waals surface area (Å²) in [5.41, 5.74) is 1.29. The van der Waals surface area contributed by atoms with Crippen molar-refractivity contribution in [2.24, 2.45) is 0 Å². The highest BCUT2D eigenvalue weighted by Crippen LogP contribution is 2.30. The van der Waals surface area contributed by atoms with Crippen molar-refractivity contribution in [1.82, 2.24) is 8.96 Å². The molecular weight excluding hydrogens is 412 g/mol. The lowest BCUT2D eigenvalue weighted by molar-refractivity contribution is -0.140. The van der Waals surface area contributed by atoms with Gasteiger partial charge in [0.2, 0.25) is 0 Å². The maximum atomic E-state index is 13.7. The smallest absolute Gasteiger partial charge is 0.305 e. The summed E-state index contributed by atoms with van der Waals surface area (Å²) < 4.78 is 33.4. The lowest BCUT2D eigenvalue weighted by Gasteiger charge is -2.13. The topological polar surface area (TPSA) is 78.3 Å². The summed E-state index contributed by atoms with van der Waals surface area (Å²) >= 11 is 6.00. The van der Waals surface area contributed by atoms with E-state index in [1.165, 1.54) is 11.1 Å². The number of methoxy groups -OCH3 is 1. The van der Waals surface area contributed by atoms with Crippen molar-refractivity contribution in [2.45, 2.75) is 17.7 Å². The number of aromatic nitrogens is 2. The Balaban J connectivity index is 1.96. The minimum atomic E-state index is -3.97. The number of aryl methyl sites for hydroxylation is 1. The number of pyridine rings is 1. The van der Waals surface area contributed by atoms with Gasteiger partial charge in [-0.3, -0.25) is 4.79 Å². The first-order chi connectivity index (χ1) is 13.9. The number of nitrogens with zero attached hydrogens (tertiary/aromatic N) is 2. The Morgan fingerprint density at radius 1 is 1.10 bits per heavy atom. The highest BCUT2D eigenvalue weighted by Gasteiger charge is 2.25. The molecule has 0 bridgehead atoms. The molecule has 0 aliphatic carbocycles. The molecule has 0 aliphatic rings. The van der Waals surface area contributed by atoms with Crippen molar-refractivity contribution in [3.63, 3.8) is 0 Å². The van der Waals surface area contributed by atoms with Gasteiger partial charge in [-0.1, -0.05) is 48.0 Å². The second-order valence-electron chi connectivity index (χ2n) is 6.50. The number of benzene rings is 2. The summed E-state index contributed by atoms with van der Waals surface area (Å²) in [5.74, 6) is -0.421. The van der Waals surface area contributed by atoms with Crippen LogP contribution in [0.5, 0.6) is 0 Å². The number of hydrogen-bond donors (Lipinski definition) is 0. The zero-order valence-electron chi connectivity index (χ0n) is 15.5. The number of hydrogen-bond acceptors (Lipinski definition) is 5. The second kappa shape index (κ2) is 7.50. The van der Waals surface area contributed by atoms with E-state index in [2.05, 4.69) is 4.98 Å². The van der Waals surface area contributed by atoms with Crippen molar-refractivity contribution in [1.29, 1.82) is 0 Å². The van der Waals surface area contributed by atoms with E-state index in [0.29, 0.717) is 22.1 Å². The van der Waals surface area contributed by atoms with Crippen molar-refractivity contribution in [2.75, 3.05) is 7.11 Å². The van der Waals surface area contributed by atoms with Gasteiger partial charge in [-0.05, 0) is 36.1 Å². The molecule has 0 amide bonds. The van der Waals surface area contributed by atoms with Crippen LogP contribution in [0.15, 0.2) is 65.6 Å². The lowest BCUT2D eigenvalue weighted by Crippen LogP contribution is -2.17. The third kappa shape index (κ3) is 3.47. The number of fused-ring (bicyclic) bond motifs is 2. The Morgan fingerprint density at radius 3 is 2.66 bits per heavy atom. The van der Waals surface area contributed by atoms with Gasteiger partial charge < -0.3 is 4.74 Å². The summed E-state index contributed by atoms with van der Waals surface area (Å²) in [7, 11) is -2.67. The zero-order valence-corrected chi connectivity index (χ0v) is 17.1. The first kappa shape index (κ1) is 19.4. The van der Waals surface area contributed by atoms with E-state index >= 15 is 0 Å². The summed E-state index contributed by atoms with van der Waals surface area (Å²) in [5, 5.41) is 1.71. The second-order valence-corrected chi connectivity index (χ2v) is 8.64. The van der Waals surface area contributed by atoms with Crippen LogP contribution in [0, 0.1) is 0 Å². The number of rotatable bonds is 5. The Bertz CT molecular complexity index is 1340. The van der Waals surface area contributed by atoms with Gasteiger partial charge in [-0.2, -0.15) is 0 Å². The molecule has 0 fully saturated rings. The van der Waals surface area contributed by atoms with E-state index in [9.17, 15) is 13.2 Å². The van der Waals surface area contributed by atoms with Gasteiger partial charge in [0, 0.05) is 11.1 Å². The molecule has 0 spiro atoms. The minimum Gasteiger partial charge on any atom is -0.469 e. The van der Waals surface area contributed by atoms with Crippen LogP contribution in [0.1, 0.15) is 12.1 Å². The molecule has 0 unspecified atom stereocenters. The number of halogens is 1. The molecular formula is C21H17ClN2O4S. The van der Waals surface area contributed by atoms with Gasteiger partial charge >= 0.3 is 5.97 Å². The maximum absolute atomic E-state index is 13.7. The van der Waals surface area contributed by atoms with Crippen molar-refractivity contribution in [3.05, 3.63) is 71.5 Å². The summed E-state index contributed by atoms with van der Waals surface area (Å²) in [6, 6.07) is 17.3. The summed E-state index contributed by atoms with van der Waals surface area (Å²) in [6.07, 6.45) is 0.232. The van der Waals surface area contributed by atoms with Crippen LogP contribution in [-0.2, 0) is 26.0 Å². The van der Waals surface area contributed by atoms with Crippen LogP contribution in [-0.4, -0.2) is 30.5 Å². The van der Waals surface area contributed by atoms with Crippen molar-refractivity contribution in [3.8, 4) is 0 Å². The molecule has 0 saturated heterocycles. The van der Waals surface area contributed by atoms with Crippen LogP contribution in [0.3, 0.4) is 0 Å². The standard InChI is InChI=1S/C21H17ClN2O4S/c1-28-21(25)12-9-15-13-17-18(10-11-20(22)23-17)24(15)29(26,27)19-8-4-6-14-5-2-3-7-16(14)19/h2-8,10-11,13H,9,12H2,1H3. The van der Waals surface area contributed by atoms with Crippen molar-refractivity contribution < 1.29 is 17.9 Å². The van der Waals surface area contributed by atoms with E-state index in [0.717, 1.165) is 5.39 Å². The normalized spacial score (nSPS) is 11.8. The average Bonchev–Trinajstić information content (AvgIpc) is 3.09. The molecule has 29 heavy (non-hydrogen) atoms. The maximum Gasteiger partial charge on any atom is 0.305 e. The van der Waals surface area contributed by atoms with Gasteiger partial charge in [0.05, 0.1) is 29.5 Å². The first-order valence-electron chi connectivity index (χ1n) is 8.89. The summed E-state index contributed by atoms with van der Waals surface area (Å²) in [6.45, 7) is 0. The van der Waals surface area contributed by atoms with Crippen LogP contribution in [0.25, 0.3) is 21.8 Å². The molecule has 2 heterocycles. The van der Waals surface area contributed by atoms with Crippen molar-refractivity contribution >= 4 is 49.4 Å². The molecule has 0 N–H and O–H groups in total. The quantitative estimate of drug-likeness (QED) is 0.352. The summed E-state index contributed by atoms with van der Waals surface area (Å²) in [4.78, 5) is 16.1.